The molecule has 0 aromatic heterocycles. The summed E-state index contributed by atoms with van der Waals surface area (Å²) in [4.78, 5) is 2.73. The monoisotopic (exact) mass is 226 g/mol. The quantitative estimate of drug-likeness (QED) is 0.772. The van der Waals surface area contributed by atoms with Gasteiger partial charge in [0.25, 0.3) is 0 Å². The second-order valence-electron chi connectivity index (χ2n) is 5.22. The fourth-order valence-corrected chi connectivity index (χ4v) is 4.58. The van der Waals surface area contributed by atoms with Crippen molar-refractivity contribution < 1.29 is 0 Å². The lowest BCUT2D eigenvalue weighted by Crippen LogP contribution is -2.48. The molecule has 3 unspecified atom stereocenters. The number of thioether (sulfide) groups is 1. The van der Waals surface area contributed by atoms with Gasteiger partial charge in [0, 0.05) is 30.4 Å². The van der Waals surface area contributed by atoms with Crippen LogP contribution in [-0.4, -0.2) is 47.6 Å². The summed E-state index contributed by atoms with van der Waals surface area (Å²) in [5, 5.41) is 3.91. The van der Waals surface area contributed by atoms with Crippen molar-refractivity contribution in [1.29, 1.82) is 0 Å². The maximum absolute atomic E-state index is 3.91. The number of rotatable bonds is 2. The molecule has 15 heavy (non-hydrogen) atoms. The number of nitrogens with zero attached hydrogens (tertiary/aromatic N) is 1. The Morgan fingerprint density at radius 3 is 2.93 bits per heavy atom. The summed E-state index contributed by atoms with van der Waals surface area (Å²) in [6.45, 7) is 2.71. The zero-order valence-corrected chi connectivity index (χ0v) is 10.3. The lowest BCUT2D eigenvalue weighted by Gasteiger charge is -2.33. The zero-order chi connectivity index (χ0) is 10.1. The molecule has 0 spiro atoms. The summed E-state index contributed by atoms with van der Waals surface area (Å²) in [6.07, 6.45) is 7.12. The maximum atomic E-state index is 3.91. The Balaban J connectivity index is 1.56. The van der Waals surface area contributed by atoms with E-state index in [1.165, 1.54) is 56.7 Å². The second kappa shape index (κ2) is 4.64. The van der Waals surface area contributed by atoms with Gasteiger partial charge in [0.2, 0.25) is 0 Å². The highest BCUT2D eigenvalue weighted by Crippen LogP contribution is 2.28. The van der Waals surface area contributed by atoms with Gasteiger partial charge in [-0.25, -0.2) is 0 Å². The highest BCUT2D eigenvalue weighted by atomic mass is 32.2. The van der Waals surface area contributed by atoms with E-state index in [1.54, 1.807) is 0 Å². The van der Waals surface area contributed by atoms with E-state index in [4.69, 9.17) is 0 Å². The van der Waals surface area contributed by atoms with Crippen molar-refractivity contribution in [3.8, 4) is 0 Å². The van der Waals surface area contributed by atoms with Crippen LogP contribution in [0.1, 0.15) is 32.1 Å². The first-order valence-electron chi connectivity index (χ1n) is 6.51. The van der Waals surface area contributed by atoms with E-state index >= 15 is 0 Å². The van der Waals surface area contributed by atoms with E-state index < -0.39 is 0 Å². The van der Waals surface area contributed by atoms with Gasteiger partial charge in [0.1, 0.15) is 0 Å². The molecule has 3 fully saturated rings. The molecule has 0 aromatic carbocycles. The topological polar surface area (TPSA) is 15.3 Å². The summed E-state index contributed by atoms with van der Waals surface area (Å²) in [5.41, 5.74) is 0. The Morgan fingerprint density at radius 2 is 2.07 bits per heavy atom. The smallest absolute Gasteiger partial charge is 0.0249 e. The van der Waals surface area contributed by atoms with Crippen LogP contribution in [0.3, 0.4) is 0 Å². The number of piperidine rings is 1. The minimum atomic E-state index is 0.814. The molecule has 2 nitrogen and oxygen atoms in total. The van der Waals surface area contributed by atoms with E-state index in [2.05, 4.69) is 22.0 Å². The Hall–Kier alpha value is 0.270. The first-order chi connectivity index (χ1) is 7.43. The van der Waals surface area contributed by atoms with Crippen LogP contribution in [0.25, 0.3) is 0 Å². The van der Waals surface area contributed by atoms with E-state index in [1.807, 2.05) is 0 Å². The van der Waals surface area contributed by atoms with Gasteiger partial charge in [-0.15, -0.1) is 0 Å². The van der Waals surface area contributed by atoms with Crippen molar-refractivity contribution in [2.75, 3.05) is 24.6 Å². The molecule has 3 atom stereocenters. The van der Waals surface area contributed by atoms with Crippen molar-refractivity contribution in [2.24, 2.45) is 0 Å². The van der Waals surface area contributed by atoms with Gasteiger partial charge in [-0.2, -0.15) is 11.8 Å². The molecule has 0 aromatic rings. The maximum Gasteiger partial charge on any atom is 0.0249 e. The van der Waals surface area contributed by atoms with Crippen LogP contribution in [0.5, 0.6) is 0 Å². The Kier molecular flexibility index (Phi) is 3.23. The molecule has 3 aliphatic heterocycles. The molecule has 3 aliphatic rings. The second-order valence-corrected chi connectivity index (χ2v) is 6.37. The first kappa shape index (κ1) is 10.4. The standard InChI is InChI=1S/C12H22N2S/c1-2-6-14-7-4-11(12(14)3-1)13-10-5-8-15-9-10/h10-13H,1-9H2. The van der Waals surface area contributed by atoms with Crippen LogP contribution < -0.4 is 5.32 Å². The minimum Gasteiger partial charge on any atom is -0.309 e. The fraction of sp³-hybridized carbons (Fsp3) is 1.00. The summed E-state index contributed by atoms with van der Waals surface area (Å²) >= 11 is 2.12. The molecule has 1 N–H and O–H groups in total. The predicted octanol–water partition coefficient (Wildman–Crippen LogP) is 1.71. The van der Waals surface area contributed by atoms with E-state index in [9.17, 15) is 0 Å². The van der Waals surface area contributed by atoms with Crippen molar-refractivity contribution in [3.05, 3.63) is 0 Å². The van der Waals surface area contributed by atoms with Crippen LogP contribution in [0, 0.1) is 0 Å². The molecule has 0 saturated carbocycles. The largest absolute Gasteiger partial charge is 0.309 e. The normalized spacial score (nSPS) is 42.0. The number of nitrogens with one attached hydrogen (secondary N) is 1. The van der Waals surface area contributed by atoms with Crippen LogP contribution >= 0.6 is 11.8 Å². The van der Waals surface area contributed by atoms with Gasteiger partial charge in [0.15, 0.2) is 0 Å². The molecule has 3 heterocycles. The Bertz CT molecular complexity index is 216. The van der Waals surface area contributed by atoms with E-state index in [0.717, 1.165) is 18.1 Å². The van der Waals surface area contributed by atoms with Gasteiger partial charge in [-0.3, -0.25) is 4.90 Å². The summed E-state index contributed by atoms with van der Waals surface area (Å²) in [5.74, 6) is 2.72. The van der Waals surface area contributed by atoms with Gasteiger partial charge >= 0.3 is 0 Å². The summed E-state index contributed by atoms with van der Waals surface area (Å²) in [6, 6.07) is 2.51. The highest BCUT2D eigenvalue weighted by molar-refractivity contribution is 7.99. The molecule has 0 bridgehead atoms. The molecule has 86 valence electrons. The SMILES string of the molecule is C1CCN2CCC(NC3CCSC3)C2C1. The minimum absolute atomic E-state index is 0.814. The van der Waals surface area contributed by atoms with Crippen LogP contribution in [0.15, 0.2) is 0 Å². The molecule has 0 amide bonds. The fourth-order valence-electron chi connectivity index (χ4n) is 3.41. The highest BCUT2D eigenvalue weighted by Gasteiger charge is 2.36. The van der Waals surface area contributed by atoms with Crippen LogP contribution in [-0.2, 0) is 0 Å². The Morgan fingerprint density at radius 1 is 1.07 bits per heavy atom. The molecule has 3 saturated heterocycles. The van der Waals surface area contributed by atoms with Gasteiger partial charge in [0.05, 0.1) is 0 Å². The predicted molar refractivity (Wildman–Crippen MR) is 66.5 cm³/mol. The van der Waals surface area contributed by atoms with Crippen molar-refractivity contribution in [3.63, 3.8) is 0 Å². The molecule has 0 aliphatic carbocycles. The molecule has 0 radical (unpaired) electrons. The van der Waals surface area contributed by atoms with Gasteiger partial charge < -0.3 is 5.32 Å². The van der Waals surface area contributed by atoms with Crippen molar-refractivity contribution in [1.82, 2.24) is 10.2 Å². The first-order valence-corrected chi connectivity index (χ1v) is 7.67. The third-order valence-electron chi connectivity index (χ3n) is 4.24. The van der Waals surface area contributed by atoms with Crippen molar-refractivity contribution >= 4 is 11.8 Å². The van der Waals surface area contributed by atoms with E-state index in [0.29, 0.717) is 0 Å². The Labute approximate surface area is 97.2 Å². The molecular weight excluding hydrogens is 204 g/mol. The van der Waals surface area contributed by atoms with Crippen LogP contribution in [0.4, 0.5) is 0 Å². The lowest BCUT2D eigenvalue weighted by atomic mass is 9.98. The lowest BCUT2D eigenvalue weighted by molar-refractivity contribution is 0.177. The summed E-state index contributed by atoms with van der Waals surface area (Å²) in [7, 11) is 0. The molecule has 3 heteroatoms. The van der Waals surface area contributed by atoms with Gasteiger partial charge in [-0.1, -0.05) is 6.42 Å². The number of hydrogen-bond acceptors (Lipinski definition) is 3. The zero-order valence-electron chi connectivity index (χ0n) is 9.45. The number of fused-ring (bicyclic) bond motifs is 1. The average molecular weight is 226 g/mol. The van der Waals surface area contributed by atoms with E-state index in [-0.39, 0.29) is 0 Å². The van der Waals surface area contributed by atoms with Crippen LogP contribution in [0.2, 0.25) is 0 Å². The third kappa shape index (κ3) is 2.20. The van der Waals surface area contributed by atoms with Gasteiger partial charge in [-0.05, 0) is 38.0 Å². The molecular formula is C12H22N2S. The van der Waals surface area contributed by atoms with Crippen molar-refractivity contribution in [2.45, 2.75) is 50.2 Å². The average Bonchev–Trinajstić information content (AvgIpc) is 2.89. The summed E-state index contributed by atoms with van der Waals surface area (Å²) < 4.78 is 0. The third-order valence-corrected chi connectivity index (χ3v) is 5.40. The number of hydrogen-bond donors (Lipinski definition) is 1. The molecule has 3 rings (SSSR count).